The lowest BCUT2D eigenvalue weighted by molar-refractivity contribution is 0.0951. The number of β-amino-alcohol motifs (C(OH)–C–C–N with tert-alkyl or cyclic N) is 1. The smallest absolute Gasteiger partial charge is 0.251 e. The summed E-state index contributed by atoms with van der Waals surface area (Å²) in [6.45, 7) is 6.21. The van der Waals surface area contributed by atoms with Gasteiger partial charge in [0.25, 0.3) is 5.91 Å². The molecule has 2 fully saturated rings. The third-order valence-corrected chi connectivity index (χ3v) is 7.75. The lowest BCUT2D eigenvalue weighted by Crippen LogP contribution is -2.47. The SMILES string of the molecule is Cc1nc(Nc2ncc3scc(-c4cccc(C(=O)NC5CC5)c4)c3n2)cc(N2CCN(CCO)CC2)n1. The highest BCUT2D eigenvalue weighted by atomic mass is 32.1. The molecule has 1 aromatic carbocycles. The minimum atomic E-state index is -0.0318. The van der Waals surface area contributed by atoms with Gasteiger partial charge in [-0.05, 0) is 37.5 Å². The van der Waals surface area contributed by atoms with Crippen molar-refractivity contribution < 1.29 is 9.90 Å². The van der Waals surface area contributed by atoms with E-state index < -0.39 is 0 Å². The molecule has 0 unspecified atom stereocenters. The summed E-state index contributed by atoms with van der Waals surface area (Å²) >= 11 is 1.58. The summed E-state index contributed by atoms with van der Waals surface area (Å²) in [4.78, 5) is 35.6. The molecule has 11 heteroatoms. The Morgan fingerprint density at radius 2 is 1.97 bits per heavy atom. The highest BCUT2D eigenvalue weighted by Gasteiger charge is 2.24. The van der Waals surface area contributed by atoms with E-state index in [4.69, 9.17) is 4.98 Å². The lowest BCUT2D eigenvalue weighted by Gasteiger charge is -2.35. The van der Waals surface area contributed by atoms with E-state index in [9.17, 15) is 9.90 Å². The van der Waals surface area contributed by atoms with Gasteiger partial charge in [0.1, 0.15) is 17.5 Å². The first-order valence-electron chi connectivity index (χ1n) is 12.9. The van der Waals surface area contributed by atoms with Gasteiger partial charge in [0, 0.05) is 61.3 Å². The van der Waals surface area contributed by atoms with Crippen LogP contribution in [0.1, 0.15) is 29.0 Å². The van der Waals surface area contributed by atoms with Gasteiger partial charge < -0.3 is 20.6 Å². The van der Waals surface area contributed by atoms with Crippen LogP contribution in [0.2, 0.25) is 0 Å². The van der Waals surface area contributed by atoms with Gasteiger partial charge in [-0.1, -0.05) is 12.1 Å². The fourth-order valence-electron chi connectivity index (χ4n) is 4.65. The fourth-order valence-corrected chi connectivity index (χ4v) is 5.53. The third-order valence-electron chi connectivity index (χ3n) is 6.84. The number of carbonyl (C=O) groups is 1. The Balaban J connectivity index is 1.23. The van der Waals surface area contributed by atoms with E-state index in [-0.39, 0.29) is 12.5 Å². The van der Waals surface area contributed by atoms with Crippen molar-refractivity contribution in [1.29, 1.82) is 0 Å². The molecule has 1 saturated heterocycles. The van der Waals surface area contributed by atoms with E-state index >= 15 is 0 Å². The number of anilines is 3. The molecule has 1 aliphatic carbocycles. The Hall–Kier alpha value is -3.67. The zero-order chi connectivity index (χ0) is 26.1. The normalized spacial score (nSPS) is 16.1. The fraction of sp³-hybridized carbons (Fsp3) is 0.370. The number of carbonyl (C=O) groups excluding carboxylic acids is 1. The van der Waals surface area contributed by atoms with Gasteiger partial charge in [-0.15, -0.1) is 11.3 Å². The van der Waals surface area contributed by atoms with Crippen LogP contribution in [0, 0.1) is 6.92 Å². The van der Waals surface area contributed by atoms with Crippen LogP contribution in [0.15, 0.2) is 41.9 Å². The highest BCUT2D eigenvalue weighted by Crippen LogP contribution is 2.34. The lowest BCUT2D eigenvalue weighted by atomic mass is 10.0. The number of hydrogen-bond donors (Lipinski definition) is 3. The highest BCUT2D eigenvalue weighted by molar-refractivity contribution is 7.17. The van der Waals surface area contributed by atoms with Gasteiger partial charge in [0.15, 0.2) is 0 Å². The number of amides is 1. The van der Waals surface area contributed by atoms with Crippen molar-refractivity contribution in [2.75, 3.05) is 49.5 Å². The van der Waals surface area contributed by atoms with Gasteiger partial charge in [-0.2, -0.15) is 0 Å². The van der Waals surface area contributed by atoms with Crippen molar-refractivity contribution >= 4 is 45.0 Å². The number of aliphatic hydroxyl groups excluding tert-OH is 1. The zero-order valence-corrected chi connectivity index (χ0v) is 22.0. The Morgan fingerprint density at radius 1 is 1.13 bits per heavy atom. The molecule has 196 valence electrons. The molecule has 1 saturated carbocycles. The maximum absolute atomic E-state index is 12.6. The zero-order valence-electron chi connectivity index (χ0n) is 21.2. The van der Waals surface area contributed by atoms with Crippen LogP contribution in [0.4, 0.5) is 17.6 Å². The first-order chi connectivity index (χ1) is 18.6. The van der Waals surface area contributed by atoms with Gasteiger partial charge in [-0.3, -0.25) is 9.69 Å². The van der Waals surface area contributed by atoms with Gasteiger partial charge in [-0.25, -0.2) is 19.9 Å². The molecule has 2 aliphatic rings. The summed E-state index contributed by atoms with van der Waals surface area (Å²) in [6.07, 6.45) is 3.93. The number of rotatable bonds is 8. The number of nitrogens with one attached hydrogen (secondary N) is 2. The molecule has 4 aromatic rings. The second-order valence-electron chi connectivity index (χ2n) is 9.72. The molecular formula is C27H30N8O2S. The maximum atomic E-state index is 12.6. The van der Waals surface area contributed by atoms with E-state index in [0.717, 1.165) is 66.2 Å². The van der Waals surface area contributed by atoms with E-state index in [2.05, 4.69) is 40.8 Å². The van der Waals surface area contributed by atoms with E-state index in [1.54, 1.807) is 11.3 Å². The standard InChI is InChI=1S/C27H30N8O2S/c1-17-29-23(14-24(30-17)35-9-7-34(8-10-35)11-12-36)32-27-28-15-22-25(33-27)21(16-38-22)18-3-2-4-19(13-18)26(37)31-20-5-6-20/h2-4,13-16,20,36H,5-12H2,1H3,(H,31,37)(H,28,29,30,32,33). The number of aryl methyl sites for hydroxylation is 1. The minimum Gasteiger partial charge on any atom is -0.395 e. The average molecular weight is 531 g/mol. The van der Waals surface area contributed by atoms with Crippen molar-refractivity contribution in [3.8, 4) is 11.1 Å². The number of fused-ring (bicyclic) bond motifs is 1. The molecular weight excluding hydrogens is 500 g/mol. The quantitative estimate of drug-likeness (QED) is 0.315. The van der Waals surface area contributed by atoms with Crippen molar-refractivity contribution in [2.45, 2.75) is 25.8 Å². The van der Waals surface area contributed by atoms with Crippen LogP contribution in [0.3, 0.4) is 0 Å². The Kier molecular flexibility index (Phi) is 6.88. The number of nitrogens with zero attached hydrogens (tertiary/aromatic N) is 6. The average Bonchev–Trinajstić information content (AvgIpc) is 3.64. The summed E-state index contributed by atoms with van der Waals surface area (Å²) in [5.41, 5.74) is 3.40. The van der Waals surface area contributed by atoms with Crippen LogP contribution in [0.25, 0.3) is 21.3 Å². The Morgan fingerprint density at radius 3 is 2.76 bits per heavy atom. The molecule has 0 atom stereocenters. The molecule has 0 spiro atoms. The topological polar surface area (TPSA) is 119 Å². The summed E-state index contributed by atoms with van der Waals surface area (Å²) in [6, 6.07) is 9.93. The van der Waals surface area contributed by atoms with Crippen molar-refractivity contribution in [3.63, 3.8) is 0 Å². The van der Waals surface area contributed by atoms with Crippen LogP contribution >= 0.6 is 11.3 Å². The predicted octanol–water partition coefficient (Wildman–Crippen LogP) is 3.21. The van der Waals surface area contributed by atoms with Crippen molar-refractivity contribution in [2.24, 2.45) is 0 Å². The molecule has 6 rings (SSSR count). The van der Waals surface area contributed by atoms with Crippen LogP contribution < -0.4 is 15.5 Å². The summed E-state index contributed by atoms with van der Waals surface area (Å²) in [5.74, 6) is 2.59. The minimum absolute atomic E-state index is 0.0318. The van der Waals surface area contributed by atoms with Crippen molar-refractivity contribution in [3.05, 3.63) is 53.3 Å². The number of aliphatic hydroxyl groups is 1. The van der Waals surface area contributed by atoms with E-state index in [0.29, 0.717) is 35.7 Å². The van der Waals surface area contributed by atoms with Gasteiger partial charge >= 0.3 is 0 Å². The molecule has 3 N–H and O–H groups in total. The van der Waals surface area contributed by atoms with Crippen LogP contribution in [0.5, 0.6) is 0 Å². The first-order valence-corrected chi connectivity index (χ1v) is 13.8. The van der Waals surface area contributed by atoms with Crippen LogP contribution in [-0.2, 0) is 0 Å². The summed E-state index contributed by atoms with van der Waals surface area (Å²) < 4.78 is 0.971. The van der Waals surface area contributed by atoms with Crippen LogP contribution in [-0.4, -0.2) is 81.2 Å². The number of thiophene rings is 1. The van der Waals surface area contributed by atoms with E-state index in [1.807, 2.05) is 43.5 Å². The monoisotopic (exact) mass is 530 g/mol. The number of aromatic nitrogens is 4. The molecule has 38 heavy (non-hydrogen) atoms. The predicted molar refractivity (Wildman–Crippen MR) is 149 cm³/mol. The number of benzene rings is 1. The number of piperazine rings is 1. The molecule has 0 radical (unpaired) electrons. The second-order valence-corrected chi connectivity index (χ2v) is 10.6. The molecule has 1 aliphatic heterocycles. The third kappa shape index (κ3) is 5.45. The number of hydrogen-bond acceptors (Lipinski definition) is 10. The van der Waals surface area contributed by atoms with Gasteiger partial charge in [0.05, 0.1) is 23.0 Å². The maximum Gasteiger partial charge on any atom is 0.251 e. The molecule has 0 bridgehead atoms. The first kappa shape index (κ1) is 24.7. The van der Waals surface area contributed by atoms with Gasteiger partial charge in [0.2, 0.25) is 5.95 Å². The molecule has 10 nitrogen and oxygen atoms in total. The summed E-state index contributed by atoms with van der Waals surface area (Å²) in [5, 5.41) is 17.6. The largest absolute Gasteiger partial charge is 0.395 e. The van der Waals surface area contributed by atoms with E-state index in [1.165, 1.54) is 0 Å². The van der Waals surface area contributed by atoms with Crippen molar-refractivity contribution in [1.82, 2.24) is 30.2 Å². The molecule has 1 amide bonds. The Bertz CT molecular complexity index is 1460. The molecule has 4 heterocycles. The second kappa shape index (κ2) is 10.6. The summed E-state index contributed by atoms with van der Waals surface area (Å²) in [7, 11) is 0. The Labute approximate surface area is 224 Å². The molecule has 3 aromatic heterocycles.